The molecule has 0 radical (unpaired) electrons. The third-order valence-corrected chi connectivity index (χ3v) is 7.33. The minimum Gasteiger partial charge on any atom is -0.493 e. The van der Waals surface area contributed by atoms with Gasteiger partial charge in [-0.1, -0.05) is 35.5 Å². The van der Waals surface area contributed by atoms with E-state index >= 15 is 0 Å². The molecule has 0 unspecified atom stereocenters. The number of nitrogens with one attached hydrogen (secondary N) is 1. The van der Waals surface area contributed by atoms with E-state index in [1.54, 1.807) is 17.9 Å². The second-order valence-electron chi connectivity index (χ2n) is 10.2. The van der Waals surface area contributed by atoms with Crippen LogP contribution in [0.3, 0.4) is 0 Å². The van der Waals surface area contributed by atoms with Crippen molar-refractivity contribution in [2.45, 2.75) is 13.0 Å². The summed E-state index contributed by atoms with van der Waals surface area (Å²) in [6, 6.07) is 21.4. The number of hydrogen-bond donors (Lipinski definition) is 1. The maximum absolute atomic E-state index is 9.40. The van der Waals surface area contributed by atoms with E-state index in [4.69, 9.17) is 14.2 Å². The molecule has 11 nitrogen and oxygen atoms in total. The Labute approximate surface area is 249 Å². The van der Waals surface area contributed by atoms with E-state index in [0.717, 1.165) is 72.7 Å². The molecule has 0 saturated carbocycles. The molecule has 1 aliphatic rings. The third-order valence-electron chi connectivity index (χ3n) is 7.33. The quantitative estimate of drug-likeness (QED) is 0.222. The molecule has 6 rings (SSSR count). The highest BCUT2D eigenvalue weighted by Crippen LogP contribution is 2.35. The van der Waals surface area contributed by atoms with Crippen molar-refractivity contribution in [1.82, 2.24) is 29.9 Å². The number of nitriles is 1. The van der Waals surface area contributed by atoms with Gasteiger partial charge in [-0.2, -0.15) is 5.26 Å². The van der Waals surface area contributed by atoms with Crippen molar-refractivity contribution < 1.29 is 14.2 Å². The van der Waals surface area contributed by atoms with E-state index < -0.39 is 0 Å². The number of nitrogens with zero attached hydrogens (tertiary/aromatic N) is 7. The van der Waals surface area contributed by atoms with Gasteiger partial charge in [0.2, 0.25) is 0 Å². The van der Waals surface area contributed by atoms with Gasteiger partial charge in [-0.3, -0.25) is 4.90 Å². The molecule has 1 fully saturated rings. The predicted molar refractivity (Wildman–Crippen MR) is 162 cm³/mol. The number of morpholine rings is 1. The van der Waals surface area contributed by atoms with Crippen molar-refractivity contribution in [1.29, 1.82) is 5.26 Å². The van der Waals surface area contributed by atoms with Crippen molar-refractivity contribution in [3.63, 3.8) is 0 Å². The molecule has 0 amide bonds. The fraction of sp³-hybridized carbons (Fsp3) is 0.281. The standard InChI is InChI=1S/C32H32N8O3/c1-41-30-18-28-27(17-31(30)43-13-5-10-39-11-14-42-15-12-39)32(35-22-34-28)36-26-9-4-8-23(16-26)29-21-40(38-37-29)20-25-7-3-2-6-24(25)19-33/h2-4,6-9,16-18,21-22H,5,10-15,20H2,1H3,(H,34,35,36). The SMILES string of the molecule is COc1cc2ncnc(Nc3cccc(-c4cn(Cc5ccccc5C#N)nn4)c3)c2cc1OCCCN1CCOCC1. The number of hydrogen-bond acceptors (Lipinski definition) is 10. The number of anilines is 2. The maximum Gasteiger partial charge on any atom is 0.162 e. The first-order valence-electron chi connectivity index (χ1n) is 14.2. The lowest BCUT2D eigenvalue weighted by atomic mass is 10.1. The molecule has 0 aliphatic carbocycles. The van der Waals surface area contributed by atoms with Gasteiger partial charge >= 0.3 is 0 Å². The van der Waals surface area contributed by atoms with Crippen LogP contribution in [0.2, 0.25) is 0 Å². The monoisotopic (exact) mass is 576 g/mol. The average Bonchev–Trinajstić information content (AvgIpc) is 3.52. The van der Waals surface area contributed by atoms with Gasteiger partial charge < -0.3 is 19.5 Å². The summed E-state index contributed by atoms with van der Waals surface area (Å²) < 4.78 is 18.9. The molecule has 3 aromatic carbocycles. The average molecular weight is 577 g/mol. The summed E-state index contributed by atoms with van der Waals surface area (Å²) in [5, 5.41) is 22.3. The largest absolute Gasteiger partial charge is 0.493 e. The van der Waals surface area contributed by atoms with Crippen molar-refractivity contribution in [3.05, 3.63) is 84.3 Å². The van der Waals surface area contributed by atoms with Crippen LogP contribution in [0.4, 0.5) is 11.5 Å². The van der Waals surface area contributed by atoms with Gasteiger partial charge in [-0.15, -0.1) is 5.10 Å². The Morgan fingerprint density at radius 2 is 1.91 bits per heavy atom. The van der Waals surface area contributed by atoms with E-state index in [1.807, 2.05) is 60.8 Å². The molecule has 1 N–H and O–H groups in total. The van der Waals surface area contributed by atoms with Crippen LogP contribution in [-0.2, 0) is 11.3 Å². The maximum atomic E-state index is 9.40. The normalized spacial score (nSPS) is 13.5. The van der Waals surface area contributed by atoms with Crippen LogP contribution < -0.4 is 14.8 Å². The Bertz CT molecular complexity index is 1740. The molecule has 2 aromatic heterocycles. The van der Waals surface area contributed by atoms with E-state index in [-0.39, 0.29) is 0 Å². The first-order valence-corrected chi connectivity index (χ1v) is 14.2. The molecule has 0 bridgehead atoms. The number of aromatic nitrogens is 5. The summed E-state index contributed by atoms with van der Waals surface area (Å²) in [4.78, 5) is 11.4. The Kier molecular flexibility index (Phi) is 8.68. The van der Waals surface area contributed by atoms with Crippen LogP contribution in [0, 0.1) is 11.3 Å². The van der Waals surface area contributed by atoms with E-state index in [1.165, 1.54) is 6.33 Å². The van der Waals surface area contributed by atoms with Gasteiger partial charge in [0.25, 0.3) is 0 Å². The van der Waals surface area contributed by atoms with E-state index in [9.17, 15) is 5.26 Å². The van der Waals surface area contributed by atoms with Crippen LogP contribution in [0.25, 0.3) is 22.2 Å². The molecule has 218 valence electrons. The van der Waals surface area contributed by atoms with Crippen LogP contribution in [0.5, 0.6) is 11.5 Å². The molecule has 1 aliphatic heterocycles. The number of ether oxygens (including phenoxy) is 3. The number of fused-ring (bicyclic) bond motifs is 1. The molecular weight excluding hydrogens is 544 g/mol. The summed E-state index contributed by atoms with van der Waals surface area (Å²) in [7, 11) is 1.63. The molecule has 0 atom stereocenters. The zero-order valence-electron chi connectivity index (χ0n) is 23.9. The first-order chi connectivity index (χ1) is 21.2. The molecule has 5 aromatic rings. The lowest BCUT2D eigenvalue weighted by molar-refractivity contribution is 0.0357. The van der Waals surface area contributed by atoms with Crippen molar-refractivity contribution in [2.24, 2.45) is 0 Å². The minimum atomic E-state index is 0.461. The predicted octanol–water partition coefficient (Wildman–Crippen LogP) is 4.66. The fourth-order valence-corrected chi connectivity index (χ4v) is 5.07. The number of benzene rings is 3. The van der Waals surface area contributed by atoms with Gasteiger partial charge in [-0.25, -0.2) is 14.6 Å². The van der Waals surface area contributed by atoms with Gasteiger partial charge in [0, 0.05) is 42.3 Å². The topological polar surface area (TPSA) is 123 Å². The number of rotatable bonds is 11. The highest BCUT2D eigenvalue weighted by Gasteiger charge is 2.14. The van der Waals surface area contributed by atoms with E-state index in [2.05, 4.69) is 36.6 Å². The summed E-state index contributed by atoms with van der Waals surface area (Å²) >= 11 is 0. The molecule has 43 heavy (non-hydrogen) atoms. The molecular formula is C32H32N8O3. The first kappa shape index (κ1) is 28.1. The zero-order chi connectivity index (χ0) is 29.4. The Morgan fingerprint density at radius 3 is 2.77 bits per heavy atom. The van der Waals surface area contributed by atoms with Gasteiger partial charge in [0.15, 0.2) is 11.5 Å². The third kappa shape index (κ3) is 6.72. The second kappa shape index (κ2) is 13.3. The lowest BCUT2D eigenvalue weighted by Crippen LogP contribution is -2.37. The Hall–Kier alpha value is -5.05. The molecule has 0 spiro atoms. The number of methoxy groups -OCH3 is 1. The summed E-state index contributed by atoms with van der Waals surface area (Å²) in [6.07, 6.45) is 4.31. The highest BCUT2D eigenvalue weighted by atomic mass is 16.5. The second-order valence-corrected chi connectivity index (χ2v) is 10.2. The van der Waals surface area contributed by atoms with Gasteiger partial charge in [-0.05, 0) is 36.2 Å². The highest BCUT2D eigenvalue weighted by molar-refractivity contribution is 5.93. The summed E-state index contributed by atoms with van der Waals surface area (Å²) in [5.41, 5.74) is 4.72. The Balaban J connectivity index is 1.18. The summed E-state index contributed by atoms with van der Waals surface area (Å²) in [6.45, 7) is 5.49. The van der Waals surface area contributed by atoms with Crippen molar-refractivity contribution in [2.75, 3.05) is 51.9 Å². The van der Waals surface area contributed by atoms with Crippen LogP contribution in [0.1, 0.15) is 17.5 Å². The summed E-state index contributed by atoms with van der Waals surface area (Å²) in [5.74, 6) is 1.93. The molecule has 1 saturated heterocycles. The zero-order valence-corrected chi connectivity index (χ0v) is 23.9. The molecule has 11 heteroatoms. The molecule has 3 heterocycles. The van der Waals surface area contributed by atoms with Crippen LogP contribution in [-0.4, -0.2) is 76.4 Å². The van der Waals surface area contributed by atoms with Crippen molar-refractivity contribution >= 4 is 22.4 Å². The van der Waals surface area contributed by atoms with Crippen LogP contribution in [0.15, 0.2) is 73.2 Å². The van der Waals surface area contributed by atoms with Crippen molar-refractivity contribution in [3.8, 4) is 28.8 Å². The lowest BCUT2D eigenvalue weighted by Gasteiger charge is -2.26. The Morgan fingerprint density at radius 1 is 1.02 bits per heavy atom. The fourth-order valence-electron chi connectivity index (χ4n) is 5.07. The van der Waals surface area contributed by atoms with Crippen LogP contribution >= 0.6 is 0 Å². The smallest absolute Gasteiger partial charge is 0.162 e. The minimum absolute atomic E-state index is 0.461. The van der Waals surface area contributed by atoms with E-state index in [0.29, 0.717) is 36.0 Å². The van der Waals surface area contributed by atoms with Gasteiger partial charge in [0.05, 0.1) is 56.8 Å². The van der Waals surface area contributed by atoms with Gasteiger partial charge in [0.1, 0.15) is 17.8 Å².